The molecule has 118 valence electrons. The van der Waals surface area contributed by atoms with Crippen molar-refractivity contribution in [1.82, 2.24) is 4.90 Å². The average molecular weight is 292 g/mol. The zero-order valence-electron chi connectivity index (χ0n) is 13.5. The standard InChI is InChI=1S/C17H28N2O2/c1-4-15(5-2)19(12-13-21-3)17(20)11-10-14-8-6-7-9-16(14)18/h6-9,15H,4-5,10-13,18H2,1-3H3. The van der Waals surface area contributed by atoms with Gasteiger partial charge in [-0.2, -0.15) is 0 Å². The number of rotatable bonds is 9. The Morgan fingerprint density at radius 2 is 1.95 bits per heavy atom. The van der Waals surface area contributed by atoms with E-state index in [-0.39, 0.29) is 5.91 Å². The van der Waals surface area contributed by atoms with Gasteiger partial charge in [-0.25, -0.2) is 0 Å². The van der Waals surface area contributed by atoms with Gasteiger partial charge < -0.3 is 15.4 Å². The number of aryl methyl sites for hydroxylation is 1. The summed E-state index contributed by atoms with van der Waals surface area (Å²) < 4.78 is 5.13. The topological polar surface area (TPSA) is 55.6 Å². The SMILES string of the molecule is CCC(CC)N(CCOC)C(=O)CCc1ccccc1N. The summed E-state index contributed by atoms with van der Waals surface area (Å²) in [6.07, 6.45) is 3.13. The highest BCUT2D eigenvalue weighted by Crippen LogP contribution is 2.15. The molecule has 0 atom stereocenters. The lowest BCUT2D eigenvalue weighted by Crippen LogP contribution is -2.41. The molecule has 4 heteroatoms. The summed E-state index contributed by atoms with van der Waals surface area (Å²) in [7, 11) is 1.67. The van der Waals surface area contributed by atoms with Crippen molar-refractivity contribution in [2.45, 2.75) is 45.6 Å². The molecule has 1 rings (SSSR count). The average Bonchev–Trinajstić information content (AvgIpc) is 2.50. The molecule has 0 aromatic heterocycles. The molecule has 0 fully saturated rings. The van der Waals surface area contributed by atoms with Crippen LogP contribution in [0.3, 0.4) is 0 Å². The van der Waals surface area contributed by atoms with Gasteiger partial charge in [-0.3, -0.25) is 4.79 Å². The minimum Gasteiger partial charge on any atom is -0.399 e. The lowest BCUT2D eigenvalue weighted by Gasteiger charge is -2.30. The minimum atomic E-state index is 0.184. The molecule has 2 N–H and O–H groups in total. The van der Waals surface area contributed by atoms with Gasteiger partial charge in [0.15, 0.2) is 0 Å². The van der Waals surface area contributed by atoms with Crippen molar-refractivity contribution >= 4 is 11.6 Å². The Morgan fingerprint density at radius 1 is 1.29 bits per heavy atom. The summed E-state index contributed by atoms with van der Waals surface area (Å²) in [6.45, 7) is 5.48. The van der Waals surface area contributed by atoms with Gasteiger partial charge in [-0.1, -0.05) is 32.0 Å². The number of carbonyl (C=O) groups excluding carboxylic acids is 1. The number of amides is 1. The number of para-hydroxylation sites is 1. The van der Waals surface area contributed by atoms with E-state index in [1.807, 2.05) is 29.2 Å². The van der Waals surface area contributed by atoms with Gasteiger partial charge in [0, 0.05) is 31.8 Å². The Balaban J connectivity index is 2.65. The zero-order chi connectivity index (χ0) is 15.7. The summed E-state index contributed by atoms with van der Waals surface area (Å²) >= 11 is 0. The maximum Gasteiger partial charge on any atom is 0.223 e. The van der Waals surface area contributed by atoms with Crippen molar-refractivity contribution in [2.24, 2.45) is 0 Å². The zero-order valence-corrected chi connectivity index (χ0v) is 13.5. The highest BCUT2D eigenvalue weighted by atomic mass is 16.5. The van der Waals surface area contributed by atoms with Gasteiger partial charge in [-0.05, 0) is 30.9 Å². The van der Waals surface area contributed by atoms with Crippen LogP contribution in [0.25, 0.3) is 0 Å². The molecule has 0 saturated carbocycles. The largest absolute Gasteiger partial charge is 0.399 e. The first-order valence-electron chi connectivity index (χ1n) is 7.75. The minimum absolute atomic E-state index is 0.184. The summed E-state index contributed by atoms with van der Waals surface area (Å²) in [5.41, 5.74) is 7.73. The molecule has 21 heavy (non-hydrogen) atoms. The molecule has 0 saturated heterocycles. The molecule has 0 unspecified atom stereocenters. The molecule has 0 aliphatic carbocycles. The van der Waals surface area contributed by atoms with E-state index in [0.29, 0.717) is 32.0 Å². The van der Waals surface area contributed by atoms with Crippen molar-refractivity contribution in [1.29, 1.82) is 0 Å². The molecule has 0 aliphatic heterocycles. The van der Waals surface area contributed by atoms with Crippen LogP contribution < -0.4 is 5.73 Å². The lowest BCUT2D eigenvalue weighted by molar-refractivity contribution is -0.134. The fraction of sp³-hybridized carbons (Fsp3) is 0.588. The Morgan fingerprint density at radius 3 is 2.52 bits per heavy atom. The van der Waals surface area contributed by atoms with Gasteiger partial charge in [0.25, 0.3) is 0 Å². The fourth-order valence-corrected chi connectivity index (χ4v) is 2.58. The third-order valence-electron chi connectivity index (χ3n) is 3.90. The van der Waals surface area contributed by atoms with Gasteiger partial charge in [-0.15, -0.1) is 0 Å². The van der Waals surface area contributed by atoms with Gasteiger partial charge >= 0.3 is 0 Å². The molecule has 0 bridgehead atoms. The number of benzene rings is 1. The fourth-order valence-electron chi connectivity index (χ4n) is 2.58. The van der Waals surface area contributed by atoms with Crippen LogP contribution in [0.2, 0.25) is 0 Å². The van der Waals surface area contributed by atoms with Crippen molar-refractivity contribution < 1.29 is 9.53 Å². The van der Waals surface area contributed by atoms with Crippen molar-refractivity contribution in [2.75, 3.05) is 26.0 Å². The van der Waals surface area contributed by atoms with Crippen LogP contribution >= 0.6 is 0 Å². The van der Waals surface area contributed by atoms with Crippen LogP contribution in [0.1, 0.15) is 38.7 Å². The second kappa shape index (κ2) is 9.40. The molecule has 1 aromatic rings. The predicted molar refractivity (Wildman–Crippen MR) is 87.1 cm³/mol. The van der Waals surface area contributed by atoms with E-state index in [9.17, 15) is 4.79 Å². The molecule has 1 amide bonds. The molecular weight excluding hydrogens is 264 g/mol. The first-order valence-corrected chi connectivity index (χ1v) is 7.75. The van der Waals surface area contributed by atoms with Gasteiger partial charge in [0.2, 0.25) is 5.91 Å². The predicted octanol–water partition coefficient (Wildman–Crippen LogP) is 2.87. The number of methoxy groups -OCH3 is 1. The van der Waals surface area contributed by atoms with Crippen LogP contribution in [-0.4, -0.2) is 37.1 Å². The van der Waals surface area contributed by atoms with E-state index in [4.69, 9.17) is 10.5 Å². The van der Waals surface area contributed by atoms with Crippen LogP contribution in [0.15, 0.2) is 24.3 Å². The van der Waals surface area contributed by atoms with E-state index < -0.39 is 0 Å². The summed E-state index contributed by atoms with van der Waals surface area (Å²) in [6, 6.07) is 8.03. The van der Waals surface area contributed by atoms with Crippen molar-refractivity contribution in [3.8, 4) is 0 Å². The Bertz CT molecular complexity index is 431. The Kier molecular flexibility index (Phi) is 7.83. The van der Waals surface area contributed by atoms with Crippen molar-refractivity contribution in [3.05, 3.63) is 29.8 Å². The van der Waals surface area contributed by atoms with Crippen LogP contribution in [-0.2, 0) is 16.0 Å². The smallest absolute Gasteiger partial charge is 0.223 e. The number of nitrogens with zero attached hydrogens (tertiary/aromatic N) is 1. The van der Waals surface area contributed by atoms with E-state index in [1.54, 1.807) is 7.11 Å². The number of anilines is 1. The first kappa shape index (κ1) is 17.5. The second-order valence-electron chi connectivity index (χ2n) is 5.25. The Labute approximate surface area is 128 Å². The van der Waals surface area contributed by atoms with Crippen LogP contribution in [0.5, 0.6) is 0 Å². The second-order valence-corrected chi connectivity index (χ2v) is 5.25. The molecule has 0 radical (unpaired) electrons. The molecule has 0 spiro atoms. The highest BCUT2D eigenvalue weighted by Gasteiger charge is 2.20. The van der Waals surface area contributed by atoms with Gasteiger partial charge in [0.1, 0.15) is 0 Å². The van der Waals surface area contributed by atoms with E-state index in [2.05, 4.69) is 13.8 Å². The lowest BCUT2D eigenvalue weighted by atomic mass is 10.1. The summed E-state index contributed by atoms with van der Waals surface area (Å²) in [5.74, 6) is 0.184. The monoisotopic (exact) mass is 292 g/mol. The number of nitrogens with two attached hydrogens (primary N) is 1. The number of nitrogen functional groups attached to an aromatic ring is 1. The first-order chi connectivity index (χ1) is 10.1. The highest BCUT2D eigenvalue weighted by molar-refractivity contribution is 5.77. The molecule has 0 heterocycles. The maximum atomic E-state index is 12.5. The van der Waals surface area contributed by atoms with Crippen LogP contribution in [0.4, 0.5) is 5.69 Å². The normalized spacial score (nSPS) is 10.9. The van der Waals surface area contributed by atoms with E-state index >= 15 is 0 Å². The third kappa shape index (κ3) is 5.38. The quantitative estimate of drug-likeness (QED) is 0.712. The van der Waals surface area contributed by atoms with E-state index in [1.165, 1.54) is 0 Å². The van der Waals surface area contributed by atoms with Gasteiger partial charge in [0.05, 0.1) is 6.61 Å². The number of hydrogen-bond donors (Lipinski definition) is 1. The number of ether oxygens (including phenoxy) is 1. The Hall–Kier alpha value is -1.55. The number of carbonyl (C=O) groups is 1. The molecule has 1 aromatic carbocycles. The number of hydrogen-bond acceptors (Lipinski definition) is 3. The molecular formula is C17H28N2O2. The van der Waals surface area contributed by atoms with Crippen LogP contribution in [0, 0.1) is 0 Å². The third-order valence-corrected chi connectivity index (χ3v) is 3.90. The maximum absolute atomic E-state index is 12.5. The summed E-state index contributed by atoms with van der Waals surface area (Å²) in [5, 5.41) is 0. The van der Waals surface area contributed by atoms with Crippen molar-refractivity contribution in [3.63, 3.8) is 0 Å². The van der Waals surface area contributed by atoms with E-state index in [0.717, 1.165) is 24.1 Å². The summed E-state index contributed by atoms with van der Waals surface area (Å²) in [4.78, 5) is 14.5. The molecule has 4 nitrogen and oxygen atoms in total. The molecule has 0 aliphatic rings.